The van der Waals surface area contributed by atoms with E-state index < -0.39 is 6.03 Å². The number of nitrogens with zero attached hydrogens (tertiary/aromatic N) is 1. The quantitative estimate of drug-likeness (QED) is 0.791. The SMILES string of the molecule is CCNC(=O)NC(=O)CSc1nc2ccc(OCC)cc2s1. The van der Waals surface area contributed by atoms with Gasteiger partial charge >= 0.3 is 6.03 Å². The maximum Gasteiger partial charge on any atom is 0.321 e. The van der Waals surface area contributed by atoms with Crippen molar-refractivity contribution in [2.75, 3.05) is 18.9 Å². The summed E-state index contributed by atoms with van der Waals surface area (Å²) in [6.07, 6.45) is 0. The Hall–Kier alpha value is -1.80. The Morgan fingerprint density at radius 3 is 2.91 bits per heavy atom. The number of carbonyl (C=O) groups is 2. The molecule has 0 saturated heterocycles. The number of rotatable bonds is 6. The summed E-state index contributed by atoms with van der Waals surface area (Å²) >= 11 is 2.81. The number of carbonyl (C=O) groups excluding carboxylic acids is 2. The summed E-state index contributed by atoms with van der Waals surface area (Å²) in [5.41, 5.74) is 0.875. The molecule has 6 nitrogen and oxygen atoms in total. The van der Waals surface area contributed by atoms with E-state index in [1.54, 1.807) is 6.92 Å². The minimum Gasteiger partial charge on any atom is -0.494 e. The molecule has 0 aliphatic carbocycles. The van der Waals surface area contributed by atoms with Crippen molar-refractivity contribution < 1.29 is 14.3 Å². The number of thiazole rings is 1. The summed E-state index contributed by atoms with van der Waals surface area (Å²) in [7, 11) is 0. The van der Waals surface area contributed by atoms with Crippen LogP contribution in [0.25, 0.3) is 10.2 Å². The molecule has 2 rings (SSSR count). The zero-order valence-electron chi connectivity index (χ0n) is 12.3. The van der Waals surface area contributed by atoms with Gasteiger partial charge in [0.1, 0.15) is 5.75 Å². The molecule has 8 heteroatoms. The van der Waals surface area contributed by atoms with Crippen molar-refractivity contribution in [2.24, 2.45) is 0 Å². The minimum atomic E-state index is -0.473. The number of urea groups is 1. The first kappa shape index (κ1) is 16.6. The van der Waals surface area contributed by atoms with Crippen LogP contribution in [0.15, 0.2) is 22.5 Å². The van der Waals surface area contributed by atoms with Crippen LogP contribution in [0.1, 0.15) is 13.8 Å². The van der Waals surface area contributed by atoms with E-state index in [1.165, 1.54) is 23.1 Å². The molecule has 22 heavy (non-hydrogen) atoms. The van der Waals surface area contributed by atoms with Gasteiger partial charge in [-0.2, -0.15) is 0 Å². The molecule has 0 atom stereocenters. The van der Waals surface area contributed by atoms with E-state index in [9.17, 15) is 9.59 Å². The van der Waals surface area contributed by atoms with Crippen LogP contribution in [0.3, 0.4) is 0 Å². The van der Waals surface area contributed by atoms with Crippen LogP contribution in [0, 0.1) is 0 Å². The molecule has 2 aromatic rings. The molecule has 3 amide bonds. The predicted molar refractivity (Wildman–Crippen MR) is 88.7 cm³/mol. The molecule has 0 bridgehead atoms. The highest BCUT2D eigenvalue weighted by Crippen LogP contribution is 2.31. The maximum atomic E-state index is 11.6. The lowest BCUT2D eigenvalue weighted by Crippen LogP contribution is -2.40. The third kappa shape index (κ3) is 4.60. The number of imide groups is 1. The molecule has 0 unspecified atom stereocenters. The molecule has 0 aliphatic heterocycles. The number of hydrogen-bond acceptors (Lipinski definition) is 6. The van der Waals surface area contributed by atoms with Gasteiger partial charge in [0.2, 0.25) is 5.91 Å². The number of thioether (sulfide) groups is 1. The lowest BCUT2D eigenvalue weighted by Gasteiger charge is -2.02. The van der Waals surface area contributed by atoms with Gasteiger partial charge in [0.05, 0.1) is 22.6 Å². The topological polar surface area (TPSA) is 80.3 Å². The van der Waals surface area contributed by atoms with Crippen molar-refractivity contribution in [3.63, 3.8) is 0 Å². The Labute approximate surface area is 136 Å². The Morgan fingerprint density at radius 1 is 1.36 bits per heavy atom. The lowest BCUT2D eigenvalue weighted by atomic mass is 10.3. The molecule has 118 valence electrons. The van der Waals surface area contributed by atoms with Gasteiger partial charge in [-0.05, 0) is 32.0 Å². The molecule has 0 fully saturated rings. The van der Waals surface area contributed by atoms with Gasteiger partial charge in [-0.15, -0.1) is 11.3 Å². The fraction of sp³-hybridized carbons (Fsp3) is 0.357. The van der Waals surface area contributed by atoms with Crippen molar-refractivity contribution >= 4 is 45.3 Å². The third-order valence-corrected chi connectivity index (χ3v) is 4.73. The predicted octanol–water partition coefficient (Wildman–Crippen LogP) is 2.63. The number of aromatic nitrogens is 1. The van der Waals surface area contributed by atoms with Crippen LogP contribution in [-0.2, 0) is 4.79 Å². The first-order chi connectivity index (χ1) is 10.6. The zero-order valence-corrected chi connectivity index (χ0v) is 14.0. The van der Waals surface area contributed by atoms with Gasteiger partial charge in [-0.25, -0.2) is 9.78 Å². The number of benzene rings is 1. The molecule has 0 saturated carbocycles. The Bertz CT molecular complexity index is 672. The maximum absolute atomic E-state index is 11.6. The summed E-state index contributed by atoms with van der Waals surface area (Å²) in [6, 6.07) is 5.24. The zero-order chi connectivity index (χ0) is 15.9. The Kier molecular flexibility index (Phi) is 6.02. The monoisotopic (exact) mass is 339 g/mol. The van der Waals surface area contributed by atoms with Crippen LogP contribution in [-0.4, -0.2) is 35.8 Å². The van der Waals surface area contributed by atoms with Crippen LogP contribution in [0.5, 0.6) is 5.75 Å². The molecule has 0 aliphatic rings. The van der Waals surface area contributed by atoms with Crippen LogP contribution >= 0.6 is 23.1 Å². The van der Waals surface area contributed by atoms with E-state index in [2.05, 4.69) is 15.6 Å². The molecular formula is C14H17N3O3S2. The average Bonchev–Trinajstić information content (AvgIpc) is 2.88. The van der Waals surface area contributed by atoms with Crippen LogP contribution in [0.4, 0.5) is 4.79 Å². The number of amides is 3. The second-order valence-corrected chi connectivity index (χ2v) is 6.49. The fourth-order valence-electron chi connectivity index (χ4n) is 1.70. The standard InChI is InChI=1S/C14H17N3O3S2/c1-3-15-13(19)17-12(18)8-21-14-16-10-6-5-9(20-4-2)7-11(10)22-14/h5-7H,3-4,8H2,1-2H3,(H2,15,17,18,19). The normalized spacial score (nSPS) is 10.5. The van der Waals surface area contributed by atoms with Gasteiger partial charge in [0.25, 0.3) is 0 Å². The fourth-order valence-corrected chi connectivity index (χ4v) is 3.59. The highest BCUT2D eigenvalue weighted by molar-refractivity contribution is 8.01. The van der Waals surface area contributed by atoms with Crippen molar-refractivity contribution in [1.29, 1.82) is 0 Å². The van der Waals surface area contributed by atoms with Crippen LogP contribution < -0.4 is 15.4 Å². The lowest BCUT2D eigenvalue weighted by molar-refractivity contribution is -0.117. The van der Waals surface area contributed by atoms with Gasteiger partial charge in [0, 0.05) is 6.54 Å². The van der Waals surface area contributed by atoms with E-state index >= 15 is 0 Å². The van der Waals surface area contributed by atoms with E-state index in [0.717, 1.165) is 20.3 Å². The first-order valence-corrected chi connectivity index (χ1v) is 8.66. The van der Waals surface area contributed by atoms with E-state index in [4.69, 9.17) is 4.74 Å². The number of nitrogens with one attached hydrogen (secondary N) is 2. The Balaban J connectivity index is 1.94. The molecule has 1 aromatic heterocycles. The van der Waals surface area contributed by atoms with Gasteiger partial charge in [0.15, 0.2) is 4.34 Å². The summed E-state index contributed by atoms with van der Waals surface area (Å²) in [4.78, 5) is 27.3. The van der Waals surface area contributed by atoms with Crippen molar-refractivity contribution in [1.82, 2.24) is 15.6 Å². The second kappa shape index (κ2) is 8.00. The minimum absolute atomic E-state index is 0.148. The van der Waals surface area contributed by atoms with Crippen molar-refractivity contribution in [3.8, 4) is 5.75 Å². The van der Waals surface area contributed by atoms with Crippen molar-refractivity contribution in [3.05, 3.63) is 18.2 Å². The smallest absolute Gasteiger partial charge is 0.321 e. The number of hydrogen-bond donors (Lipinski definition) is 2. The summed E-state index contributed by atoms with van der Waals surface area (Å²) in [6.45, 7) is 4.82. The molecular weight excluding hydrogens is 322 g/mol. The van der Waals surface area contributed by atoms with Gasteiger partial charge in [-0.3, -0.25) is 10.1 Å². The van der Waals surface area contributed by atoms with Gasteiger partial charge in [-0.1, -0.05) is 11.8 Å². The number of fused-ring (bicyclic) bond motifs is 1. The first-order valence-electron chi connectivity index (χ1n) is 6.86. The number of ether oxygens (including phenoxy) is 1. The van der Waals surface area contributed by atoms with Crippen LogP contribution in [0.2, 0.25) is 0 Å². The molecule has 0 spiro atoms. The molecule has 1 aromatic carbocycles. The molecule has 2 N–H and O–H groups in total. The summed E-state index contributed by atoms with van der Waals surface area (Å²) in [5.74, 6) is 0.615. The summed E-state index contributed by atoms with van der Waals surface area (Å²) in [5, 5.41) is 4.76. The molecule has 1 heterocycles. The van der Waals surface area contributed by atoms with E-state index in [-0.39, 0.29) is 11.7 Å². The largest absolute Gasteiger partial charge is 0.494 e. The highest BCUT2D eigenvalue weighted by atomic mass is 32.2. The Morgan fingerprint density at radius 2 is 2.18 bits per heavy atom. The van der Waals surface area contributed by atoms with E-state index in [0.29, 0.717) is 13.2 Å². The molecule has 0 radical (unpaired) electrons. The van der Waals surface area contributed by atoms with E-state index in [1.807, 2.05) is 25.1 Å². The highest BCUT2D eigenvalue weighted by Gasteiger charge is 2.10. The third-order valence-electron chi connectivity index (χ3n) is 2.57. The second-order valence-electron chi connectivity index (χ2n) is 4.24. The summed E-state index contributed by atoms with van der Waals surface area (Å²) < 4.78 is 7.25. The van der Waals surface area contributed by atoms with Gasteiger partial charge < -0.3 is 10.1 Å². The average molecular weight is 339 g/mol. The van der Waals surface area contributed by atoms with Crippen molar-refractivity contribution in [2.45, 2.75) is 18.2 Å².